The standard InChI is InChI=1S/C21H15F2N5O2/c22-15-9-7-14(8-10-15)19(29)25-26-20(30)16-13-24-28(18-6-2-1-5-17(18)23)21(16)27-11-3-4-12-27/h1-13H,(H,25,29)(H,26,30). The first-order valence-corrected chi connectivity index (χ1v) is 8.87. The molecule has 0 radical (unpaired) electrons. The number of hydrazine groups is 1. The smallest absolute Gasteiger partial charge is 0.275 e. The van der Waals surface area contributed by atoms with Crippen LogP contribution in [0.1, 0.15) is 20.7 Å². The van der Waals surface area contributed by atoms with Crippen LogP contribution in [-0.2, 0) is 0 Å². The molecule has 0 spiro atoms. The maximum atomic E-state index is 14.3. The van der Waals surface area contributed by atoms with Gasteiger partial charge >= 0.3 is 0 Å². The van der Waals surface area contributed by atoms with Crippen molar-refractivity contribution in [1.82, 2.24) is 25.2 Å². The van der Waals surface area contributed by atoms with Gasteiger partial charge in [-0.05, 0) is 48.5 Å². The molecule has 2 aromatic carbocycles. The maximum Gasteiger partial charge on any atom is 0.275 e. The van der Waals surface area contributed by atoms with E-state index in [1.54, 1.807) is 41.2 Å². The third-order valence-electron chi connectivity index (χ3n) is 4.31. The lowest BCUT2D eigenvalue weighted by Gasteiger charge is -2.12. The lowest BCUT2D eigenvalue weighted by Crippen LogP contribution is -2.41. The molecule has 0 saturated carbocycles. The zero-order chi connectivity index (χ0) is 21.1. The Bertz CT molecular complexity index is 1200. The van der Waals surface area contributed by atoms with Crippen molar-refractivity contribution >= 4 is 11.8 Å². The lowest BCUT2D eigenvalue weighted by molar-refractivity contribution is 0.0846. The summed E-state index contributed by atoms with van der Waals surface area (Å²) in [6.07, 6.45) is 4.64. The van der Waals surface area contributed by atoms with Gasteiger partial charge in [0, 0.05) is 18.0 Å². The molecule has 2 N–H and O–H groups in total. The number of carbonyl (C=O) groups excluding carboxylic acids is 2. The van der Waals surface area contributed by atoms with Crippen LogP contribution >= 0.6 is 0 Å². The Labute approximate surface area is 169 Å². The monoisotopic (exact) mass is 407 g/mol. The van der Waals surface area contributed by atoms with Crippen LogP contribution in [0.15, 0.2) is 79.3 Å². The van der Waals surface area contributed by atoms with E-state index in [4.69, 9.17) is 0 Å². The molecule has 30 heavy (non-hydrogen) atoms. The molecule has 0 unspecified atom stereocenters. The molecule has 2 amide bonds. The van der Waals surface area contributed by atoms with Gasteiger partial charge < -0.3 is 4.57 Å². The number of para-hydroxylation sites is 1. The number of aromatic nitrogens is 3. The number of halogens is 2. The molecule has 4 rings (SSSR count). The van der Waals surface area contributed by atoms with Gasteiger partial charge in [0.1, 0.15) is 22.9 Å². The van der Waals surface area contributed by atoms with Gasteiger partial charge in [0.15, 0.2) is 5.82 Å². The molecule has 7 nitrogen and oxygen atoms in total. The van der Waals surface area contributed by atoms with Crippen LogP contribution in [0.2, 0.25) is 0 Å². The quantitative estimate of drug-likeness (QED) is 0.511. The van der Waals surface area contributed by atoms with E-state index in [1.807, 2.05) is 0 Å². The molecule has 0 saturated heterocycles. The summed E-state index contributed by atoms with van der Waals surface area (Å²) in [5.41, 5.74) is 5.01. The predicted molar refractivity (Wildman–Crippen MR) is 104 cm³/mol. The third kappa shape index (κ3) is 3.68. The van der Waals surface area contributed by atoms with Gasteiger partial charge in [-0.25, -0.2) is 13.5 Å². The van der Waals surface area contributed by atoms with Crippen LogP contribution in [-0.4, -0.2) is 26.2 Å². The van der Waals surface area contributed by atoms with Crippen molar-refractivity contribution in [2.45, 2.75) is 0 Å². The summed E-state index contributed by atoms with van der Waals surface area (Å²) < 4.78 is 30.2. The fourth-order valence-electron chi connectivity index (χ4n) is 2.88. The minimum atomic E-state index is -0.656. The molecule has 2 heterocycles. The number of benzene rings is 2. The summed E-state index contributed by atoms with van der Waals surface area (Å²) in [5.74, 6) is -1.97. The number of nitrogens with zero attached hydrogens (tertiary/aromatic N) is 3. The van der Waals surface area contributed by atoms with Gasteiger partial charge in [0.2, 0.25) is 0 Å². The van der Waals surface area contributed by atoms with Gasteiger partial charge in [-0.1, -0.05) is 12.1 Å². The molecule has 0 bridgehead atoms. The first-order valence-electron chi connectivity index (χ1n) is 8.87. The fourth-order valence-corrected chi connectivity index (χ4v) is 2.88. The van der Waals surface area contributed by atoms with Crippen molar-refractivity contribution in [3.63, 3.8) is 0 Å². The molecule has 9 heteroatoms. The van der Waals surface area contributed by atoms with E-state index in [-0.39, 0.29) is 16.8 Å². The minimum absolute atomic E-state index is 0.105. The Kier molecular flexibility index (Phi) is 5.08. The average molecular weight is 407 g/mol. The number of hydrogen-bond donors (Lipinski definition) is 2. The summed E-state index contributed by atoms with van der Waals surface area (Å²) in [6.45, 7) is 0. The van der Waals surface area contributed by atoms with Crippen LogP contribution in [0.3, 0.4) is 0 Å². The highest BCUT2D eigenvalue weighted by Gasteiger charge is 2.21. The van der Waals surface area contributed by atoms with E-state index >= 15 is 0 Å². The Morgan fingerprint density at radius 3 is 2.20 bits per heavy atom. The summed E-state index contributed by atoms with van der Waals surface area (Å²) in [5, 5.41) is 4.16. The van der Waals surface area contributed by atoms with Crippen LogP contribution in [0.25, 0.3) is 11.5 Å². The maximum absolute atomic E-state index is 14.3. The number of carbonyl (C=O) groups is 2. The predicted octanol–water partition coefficient (Wildman–Crippen LogP) is 3.02. The highest BCUT2D eigenvalue weighted by Crippen LogP contribution is 2.21. The lowest BCUT2D eigenvalue weighted by atomic mass is 10.2. The molecule has 150 valence electrons. The van der Waals surface area contributed by atoms with Gasteiger partial charge in [-0.3, -0.25) is 20.4 Å². The zero-order valence-corrected chi connectivity index (χ0v) is 15.4. The first-order chi connectivity index (χ1) is 14.5. The van der Waals surface area contributed by atoms with Gasteiger partial charge in [-0.15, -0.1) is 0 Å². The van der Waals surface area contributed by atoms with E-state index < -0.39 is 23.4 Å². The van der Waals surface area contributed by atoms with Gasteiger partial charge in [-0.2, -0.15) is 5.10 Å². The zero-order valence-electron chi connectivity index (χ0n) is 15.4. The molecular weight excluding hydrogens is 392 g/mol. The van der Waals surface area contributed by atoms with E-state index in [1.165, 1.54) is 35.1 Å². The molecule has 0 aliphatic carbocycles. The molecule has 0 aliphatic heterocycles. The second kappa shape index (κ2) is 8.00. The Morgan fingerprint density at radius 2 is 1.50 bits per heavy atom. The second-order valence-corrected chi connectivity index (χ2v) is 6.25. The molecule has 4 aromatic rings. The largest absolute Gasteiger partial charge is 0.308 e. The van der Waals surface area contributed by atoms with E-state index in [0.717, 1.165) is 12.1 Å². The highest BCUT2D eigenvalue weighted by molar-refractivity contribution is 6.00. The Balaban J connectivity index is 1.62. The number of amides is 2. The molecule has 0 fully saturated rings. The van der Waals surface area contributed by atoms with E-state index in [9.17, 15) is 18.4 Å². The van der Waals surface area contributed by atoms with Crippen molar-refractivity contribution in [2.24, 2.45) is 0 Å². The summed E-state index contributed by atoms with van der Waals surface area (Å²) in [7, 11) is 0. The topological polar surface area (TPSA) is 81.0 Å². The Hall–Kier alpha value is -4.27. The van der Waals surface area contributed by atoms with Crippen LogP contribution in [0, 0.1) is 11.6 Å². The summed E-state index contributed by atoms with van der Waals surface area (Å²) in [6, 6.07) is 14.4. The Morgan fingerprint density at radius 1 is 0.833 bits per heavy atom. The number of hydrogen-bond acceptors (Lipinski definition) is 3. The molecule has 0 aliphatic rings. The average Bonchev–Trinajstić information content (AvgIpc) is 3.42. The van der Waals surface area contributed by atoms with E-state index in [2.05, 4.69) is 16.0 Å². The fraction of sp³-hybridized carbons (Fsp3) is 0. The SMILES string of the molecule is O=C(NNC(=O)c1cnn(-c2ccccc2F)c1-n1cccc1)c1ccc(F)cc1. The van der Waals surface area contributed by atoms with E-state index in [0.29, 0.717) is 5.82 Å². The summed E-state index contributed by atoms with van der Waals surface area (Å²) in [4.78, 5) is 24.9. The van der Waals surface area contributed by atoms with Crippen molar-refractivity contribution < 1.29 is 18.4 Å². The first kappa shape index (κ1) is 19.1. The summed E-state index contributed by atoms with van der Waals surface area (Å²) >= 11 is 0. The third-order valence-corrected chi connectivity index (χ3v) is 4.31. The van der Waals surface area contributed by atoms with Crippen LogP contribution < -0.4 is 10.9 Å². The number of nitrogens with one attached hydrogen (secondary N) is 2. The number of rotatable bonds is 4. The molecule has 0 atom stereocenters. The van der Waals surface area contributed by atoms with Crippen molar-refractivity contribution in [3.05, 3.63) is 102 Å². The highest BCUT2D eigenvalue weighted by atomic mass is 19.1. The molecular formula is C21H15F2N5O2. The van der Waals surface area contributed by atoms with Gasteiger partial charge in [0.25, 0.3) is 11.8 Å². The van der Waals surface area contributed by atoms with Crippen molar-refractivity contribution in [1.29, 1.82) is 0 Å². The molecule has 2 aromatic heterocycles. The van der Waals surface area contributed by atoms with Crippen molar-refractivity contribution in [2.75, 3.05) is 0 Å². The second-order valence-electron chi connectivity index (χ2n) is 6.25. The van der Waals surface area contributed by atoms with Crippen LogP contribution in [0.5, 0.6) is 0 Å². The minimum Gasteiger partial charge on any atom is -0.308 e. The van der Waals surface area contributed by atoms with Gasteiger partial charge in [0.05, 0.1) is 6.20 Å². The van der Waals surface area contributed by atoms with Crippen molar-refractivity contribution in [3.8, 4) is 11.5 Å². The normalized spacial score (nSPS) is 10.6. The van der Waals surface area contributed by atoms with Crippen LogP contribution in [0.4, 0.5) is 8.78 Å².